The van der Waals surface area contributed by atoms with E-state index in [9.17, 15) is 22.8 Å². The van der Waals surface area contributed by atoms with Crippen molar-refractivity contribution in [3.63, 3.8) is 0 Å². The van der Waals surface area contributed by atoms with Gasteiger partial charge in [0.2, 0.25) is 0 Å². The van der Waals surface area contributed by atoms with Gasteiger partial charge >= 0.3 is 12.3 Å². The van der Waals surface area contributed by atoms with Gasteiger partial charge in [-0.25, -0.2) is 0 Å². The van der Waals surface area contributed by atoms with Gasteiger partial charge in [0.15, 0.2) is 0 Å². The number of anilines is 1. The van der Waals surface area contributed by atoms with Crippen molar-refractivity contribution in [2.75, 3.05) is 5.32 Å². The fraction of sp³-hybridized carbons (Fsp3) is 0.143. The summed E-state index contributed by atoms with van der Waals surface area (Å²) in [6.07, 6.45) is -4.30. The van der Waals surface area contributed by atoms with E-state index in [-0.39, 0.29) is 18.1 Å². The van der Waals surface area contributed by atoms with Crippen molar-refractivity contribution in [2.24, 2.45) is 0 Å². The molecule has 1 aromatic heterocycles. The molecule has 0 spiro atoms. The van der Waals surface area contributed by atoms with Crippen LogP contribution in [0.3, 0.4) is 0 Å². The molecule has 156 valence electrons. The zero-order chi connectivity index (χ0) is 21.7. The number of carboxylic acids is 1. The second-order valence-corrected chi connectivity index (χ2v) is 7.23. The van der Waals surface area contributed by atoms with Crippen LogP contribution in [0.1, 0.15) is 21.7 Å². The molecule has 0 unspecified atom stereocenters. The Morgan fingerprint density at radius 3 is 2.27 bits per heavy atom. The van der Waals surface area contributed by atoms with Gasteiger partial charge in [0, 0.05) is 12.1 Å². The third-order valence-electron chi connectivity index (χ3n) is 4.08. The molecule has 0 bridgehead atoms. The van der Waals surface area contributed by atoms with Gasteiger partial charge in [0.05, 0.1) is 4.88 Å². The summed E-state index contributed by atoms with van der Waals surface area (Å²) in [6.45, 7) is 0. The number of amides is 1. The molecule has 0 aliphatic carbocycles. The van der Waals surface area contributed by atoms with Crippen LogP contribution in [0.25, 0.3) is 11.1 Å². The molecule has 0 fully saturated rings. The topological polar surface area (TPSA) is 75.6 Å². The highest BCUT2D eigenvalue weighted by atomic mass is 32.1. The Morgan fingerprint density at radius 2 is 1.67 bits per heavy atom. The van der Waals surface area contributed by atoms with Gasteiger partial charge in [-0.1, -0.05) is 24.3 Å². The van der Waals surface area contributed by atoms with Gasteiger partial charge in [0.1, 0.15) is 5.75 Å². The third-order valence-corrected chi connectivity index (χ3v) is 5.01. The van der Waals surface area contributed by atoms with Crippen molar-refractivity contribution >= 4 is 28.9 Å². The number of carbonyl (C=O) groups is 2. The first-order chi connectivity index (χ1) is 14.2. The van der Waals surface area contributed by atoms with Crippen molar-refractivity contribution in [1.29, 1.82) is 0 Å². The van der Waals surface area contributed by atoms with Gasteiger partial charge in [-0.2, -0.15) is 0 Å². The summed E-state index contributed by atoms with van der Waals surface area (Å²) >= 11 is 1.21. The second kappa shape index (κ2) is 9.00. The van der Waals surface area contributed by atoms with Crippen LogP contribution in [0.2, 0.25) is 0 Å². The fourth-order valence-electron chi connectivity index (χ4n) is 2.65. The lowest BCUT2D eigenvalue weighted by Gasteiger charge is -2.08. The van der Waals surface area contributed by atoms with E-state index in [1.807, 2.05) is 0 Å². The van der Waals surface area contributed by atoms with Gasteiger partial charge in [-0.05, 0) is 58.8 Å². The minimum Gasteiger partial charge on any atom is -0.481 e. The number of carboxylic acid groups (broad SMARTS) is 1. The maximum absolute atomic E-state index is 12.4. The first-order valence-corrected chi connectivity index (χ1v) is 9.64. The van der Waals surface area contributed by atoms with Crippen molar-refractivity contribution in [2.45, 2.75) is 19.2 Å². The number of aliphatic carboxylic acids is 1. The van der Waals surface area contributed by atoms with Crippen LogP contribution in [0.15, 0.2) is 60.0 Å². The largest absolute Gasteiger partial charge is 0.573 e. The van der Waals surface area contributed by atoms with Gasteiger partial charge in [-0.15, -0.1) is 24.5 Å². The van der Waals surface area contributed by atoms with Gasteiger partial charge in [0.25, 0.3) is 5.91 Å². The van der Waals surface area contributed by atoms with Crippen LogP contribution >= 0.6 is 11.3 Å². The Morgan fingerprint density at radius 1 is 1.00 bits per heavy atom. The lowest BCUT2D eigenvalue weighted by Crippen LogP contribution is -2.16. The summed E-state index contributed by atoms with van der Waals surface area (Å²) in [5.41, 5.74) is 2.78. The van der Waals surface area contributed by atoms with Crippen LogP contribution in [0.4, 0.5) is 18.9 Å². The number of nitrogens with one attached hydrogen (secondary N) is 1. The van der Waals surface area contributed by atoms with E-state index < -0.39 is 12.3 Å². The molecule has 30 heavy (non-hydrogen) atoms. The highest BCUT2D eigenvalue weighted by Crippen LogP contribution is 2.29. The highest BCUT2D eigenvalue weighted by molar-refractivity contribution is 7.12. The second-order valence-electron chi connectivity index (χ2n) is 6.32. The zero-order valence-electron chi connectivity index (χ0n) is 15.4. The van der Waals surface area contributed by atoms with E-state index in [1.165, 1.54) is 35.6 Å². The maximum atomic E-state index is 12.4. The molecule has 3 rings (SSSR count). The van der Waals surface area contributed by atoms with E-state index in [4.69, 9.17) is 5.11 Å². The number of thiophene rings is 1. The SMILES string of the molecule is O=C(O)CCc1ccc(NC(=O)c2cc(-c3ccc(OC(F)(F)F)cc3)cs2)cc1. The van der Waals surface area contributed by atoms with Crippen molar-refractivity contribution in [1.82, 2.24) is 0 Å². The van der Waals surface area contributed by atoms with Crippen molar-refractivity contribution in [3.05, 3.63) is 70.4 Å². The molecule has 0 aliphatic rings. The number of ether oxygens (including phenoxy) is 1. The number of alkyl halides is 3. The monoisotopic (exact) mass is 435 g/mol. The summed E-state index contributed by atoms with van der Waals surface area (Å²) in [6, 6.07) is 14.0. The average molecular weight is 435 g/mol. The standard InChI is InChI=1S/C21H16F3NO4S/c22-21(23,24)29-17-8-4-14(5-9-17)15-11-18(30-12-15)20(28)25-16-6-1-13(2-7-16)3-10-19(26)27/h1-2,4-9,11-12H,3,10H2,(H,25,28)(H,26,27). The van der Waals surface area contributed by atoms with Crippen LogP contribution in [-0.2, 0) is 11.2 Å². The average Bonchev–Trinajstić information content (AvgIpc) is 3.17. The third kappa shape index (κ3) is 6.08. The Labute approximate surface area is 173 Å². The Bertz CT molecular complexity index is 1030. The zero-order valence-corrected chi connectivity index (χ0v) is 16.2. The Kier molecular flexibility index (Phi) is 6.41. The predicted octanol–water partition coefficient (Wildman–Crippen LogP) is 5.58. The number of hydrogen-bond donors (Lipinski definition) is 2. The molecule has 0 saturated heterocycles. The molecule has 0 aliphatic heterocycles. The molecule has 5 nitrogen and oxygen atoms in total. The molecule has 1 amide bonds. The molecule has 9 heteroatoms. The van der Waals surface area contributed by atoms with Crippen LogP contribution in [0.5, 0.6) is 5.75 Å². The summed E-state index contributed by atoms with van der Waals surface area (Å²) in [5.74, 6) is -1.50. The van der Waals surface area contributed by atoms with Gasteiger partial charge in [-0.3, -0.25) is 9.59 Å². The van der Waals surface area contributed by atoms with Gasteiger partial charge < -0.3 is 15.2 Å². The van der Waals surface area contributed by atoms with Crippen LogP contribution in [0, 0.1) is 0 Å². The normalized spacial score (nSPS) is 11.2. The van der Waals surface area contributed by atoms with E-state index in [1.54, 1.807) is 35.7 Å². The van der Waals surface area contributed by atoms with E-state index in [0.29, 0.717) is 28.1 Å². The smallest absolute Gasteiger partial charge is 0.481 e. The lowest BCUT2D eigenvalue weighted by molar-refractivity contribution is -0.274. The van der Waals surface area contributed by atoms with E-state index >= 15 is 0 Å². The number of carbonyl (C=O) groups excluding carboxylic acids is 1. The summed E-state index contributed by atoms with van der Waals surface area (Å²) < 4.78 is 40.6. The van der Waals surface area contributed by atoms with Crippen LogP contribution < -0.4 is 10.1 Å². The quantitative estimate of drug-likeness (QED) is 0.508. The minimum atomic E-state index is -4.75. The molecule has 0 saturated carbocycles. The number of benzene rings is 2. The lowest BCUT2D eigenvalue weighted by atomic mass is 10.1. The maximum Gasteiger partial charge on any atom is 0.573 e. The minimum absolute atomic E-state index is 0.0347. The molecule has 3 aromatic rings. The van der Waals surface area contributed by atoms with Crippen molar-refractivity contribution < 1.29 is 32.6 Å². The summed E-state index contributed by atoms with van der Waals surface area (Å²) in [7, 11) is 0. The molecule has 2 N–H and O–H groups in total. The summed E-state index contributed by atoms with van der Waals surface area (Å²) in [5, 5.41) is 13.2. The number of halogens is 3. The van der Waals surface area contributed by atoms with E-state index in [2.05, 4.69) is 10.1 Å². The molecule has 1 heterocycles. The molecule has 0 atom stereocenters. The summed E-state index contributed by atoms with van der Waals surface area (Å²) in [4.78, 5) is 23.5. The first-order valence-electron chi connectivity index (χ1n) is 8.76. The fourth-order valence-corrected chi connectivity index (χ4v) is 3.47. The number of hydrogen-bond acceptors (Lipinski definition) is 4. The molecule has 2 aromatic carbocycles. The Balaban J connectivity index is 1.63. The highest BCUT2D eigenvalue weighted by Gasteiger charge is 2.31. The molecular weight excluding hydrogens is 419 g/mol. The molecular formula is C21H16F3NO4S. The molecule has 0 radical (unpaired) electrons. The van der Waals surface area contributed by atoms with E-state index in [0.717, 1.165) is 5.56 Å². The van der Waals surface area contributed by atoms with Crippen LogP contribution in [-0.4, -0.2) is 23.3 Å². The first kappa shape index (κ1) is 21.4. The number of rotatable bonds is 7. The Hall–Kier alpha value is -3.33. The number of aryl methyl sites for hydroxylation is 1. The predicted molar refractivity (Wildman–Crippen MR) is 107 cm³/mol. The van der Waals surface area contributed by atoms with Crippen molar-refractivity contribution in [3.8, 4) is 16.9 Å².